The summed E-state index contributed by atoms with van der Waals surface area (Å²) < 4.78 is 3.11. The van der Waals surface area contributed by atoms with Gasteiger partial charge in [0.05, 0.1) is 10.2 Å². The van der Waals surface area contributed by atoms with Crippen LogP contribution in [0.2, 0.25) is 0 Å². The Morgan fingerprint density at radius 3 is 2.60 bits per heavy atom. The lowest BCUT2D eigenvalue weighted by atomic mass is 10.2. The summed E-state index contributed by atoms with van der Waals surface area (Å²) in [7, 11) is 0. The molecule has 1 N–H and O–H groups in total. The molecule has 0 saturated carbocycles. The summed E-state index contributed by atoms with van der Waals surface area (Å²) in [5.74, 6) is -0.495. The van der Waals surface area contributed by atoms with Gasteiger partial charge in [0, 0.05) is 10.5 Å². The van der Waals surface area contributed by atoms with Crippen LogP contribution in [-0.2, 0) is 4.79 Å². The van der Waals surface area contributed by atoms with E-state index < -0.39 is 5.91 Å². The highest BCUT2D eigenvalue weighted by Gasteiger charge is 2.18. The average Bonchev–Trinajstić information content (AvgIpc) is 2.98. The highest BCUT2D eigenvalue weighted by molar-refractivity contribution is 9.10. The summed E-state index contributed by atoms with van der Waals surface area (Å²) in [5.41, 5.74) is 2.01. The molecule has 0 bridgehead atoms. The molecule has 0 radical (unpaired) electrons. The molecule has 0 spiro atoms. The number of nitrogens with zero attached hydrogens (tertiary/aromatic N) is 2. The monoisotopic (exact) mass is 481 g/mol. The fourth-order valence-electron chi connectivity index (χ4n) is 2.96. The standard InChI is InChI=1S/C23H20BrN3O2S/c1-14(2)26-21(28)18(13-25)23-27(19-10-5-4-7-15(19)3)22(29)20(30-23)12-16-8-6-9-17(24)11-16/h4-12,14H,1-3H3,(H,26,28)/b20-12-,23-18-. The number of benzene rings is 2. The van der Waals surface area contributed by atoms with Crippen LogP contribution >= 0.6 is 27.3 Å². The molecule has 5 nitrogen and oxygen atoms in total. The zero-order valence-corrected chi connectivity index (χ0v) is 19.2. The smallest absolute Gasteiger partial charge is 0.273 e. The maximum Gasteiger partial charge on any atom is 0.273 e. The van der Waals surface area contributed by atoms with Crippen molar-refractivity contribution in [2.75, 3.05) is 0 Å². The van der Waals surface area contributed by atoms with E-state index in [9.17, 15) is 14.9 Å². The number of thiazole rings is 1. The molecule has 0 fully saturated rings. The van der Waals surface area contributed by atoms with Gasteiger partial charge in [-0.05, 0) is 56.2 Å². The first-order valence-electron chi connectivity index (χ1n) is 9.32. The van der Waals surface area contributed by atoms with Crippen molar-refractivity contribution in [3.05, 3.63) is 83.7 Å². The van der Waals surface area contributed by atoms with Crippen LogP contribution in [0.25, 0.3) is 17.3 Å². The van der Waals surface area contributed by atoms with Crippen LogP contribution in [0.3, 0.4) is 0 Å². The van der Waals surface area contributed by atoms with Crippen molar-refractivity contribution in [1.29, 1.82) is 5.26 Å². The van der Waals surface area contributed by atoms with Crippen molar-refractivity contribution < 1.29 is 4.79 Å². The Labute approximate surface area is 186 Å². The molecule has 2 aromatic carbocycles. The van der Waals surface area contributed by atoms with E-state index in [1.165, 1.54) is 4.57 Å². The van der Waals surface area contributed by atoms with Gasteiger partial charge in [-0.1, -0.05) is 46.3 Å². The van der Waals surface area contributed by atoms with E-state index >= 15 is 0 Å². The van der Waals surface area contributed by atoms with Crippen LogP contribution in [0.1, 0.15) is 25.0 Å². The van der Waals surface area contributed by atoms with Crippen LogP contribution in [-0.4, -0.2) is 16.5 Å². The summed E-state index contributed by atoms with van der Waals surface area (Å²) in [6.45, 7) is 5.53. The van der Waals surface area contributed by atoms with Crippen LogP contribution in [0.5, 0.6) is 0 Å². The Hall–Kier alpha value is -2.95. The third-order valence-corrected chi connectivity index (χ3v) is 5.88. The average molecular weight is 482 g/mol. The minimum Gasteiger partial charge on any atom is -0.349 e. The number of hydrogen-bond acceptors (Lipinski definition) is 4. The number of nitriles is 1. The number of aryl methyl sites for hydroxylation is 1. The fraction of sp³-hybridized carbons (Fsp3) is 0.174. The second-order valence-electron chi connectivity index (χ2n) is 7.01. The van der Waals surface area contributed by atoms with Gasteiger partial charge in [0.15, 0.2) is 5.57 Å². The number of amides is 1. The van der Waals surface area contributed by atoms with Crippen LogP contribution < -0.4 is 20.1 Å². The van der Waals surface area contributed by atoms with E-state index in [0.29, 0.717) is 14.9 Å². The topological polar surface area (TPSA) is 74.9 Å². The molecule has 0 aliphatic heterocycles. The molecule has 1 aromatic heterocycles. The number of carbonyl (C=O) groups is 1. The molecule has 1 heterocycles. The number of halogens is 1. The normalized spacial score (nSPS) is 12.6. The van der Waals surface area contributed by atoms with E-state index in [1.807, 2.05) is 75.4 Å². The zero-order chi connectivity index (χ0) is 21.8. The summed E-state index contributed by atoms with van der Waals surface area (Å²) in [5, 5.41) is 12.5. The number of nitrogens with one attached hydrogen (secondary N) is 1. The van der Waals surface area contributed by atoms with E-state index in [-0.39, 0.29) is 17.2 Å². The Morgan fingerprint density at radius 1 is 1.23 bits per heavy atom. The zero-order valence-electron chi connectivity index (χ0n) is 16.8. The third-order valence-electron chi connectivity index (χ3n) is 4.30. The lowest BCUT2D eigenvalue weighted by molar-refractivity contribution is -0.116. The lowest BCUT2D eigenvalue weighted by Gasteiger charge is -2.09. The number of carbonyl (C=O) groups excluding carboxylic acids is 1. The van der Waals surface area contributed by atoms with Crippen LogP contribution in [0.15, 0.2) is 57.8 Å². The van der Waals surface area contributed by atoms with Gasteiger partial charge < -0.3 is 5.32 Å². The molecule has 30 heavy (non-hydrogen) atoms. The summed E-state index contributed by atoms with van der Waals surface area (Å²) >= 11 is 4.57. The molecular formula is C23H20BrN3O2S. The third kappa shape index (κ3) is 4.61. The van der Waals surface area contributed by atoms with Crippen LogP contribution in [0, 0.1) is 18.3 Å². The minimum absolute atomic E-state index is 0.0806. The predicted molar refractivity (Wildman–Crippen MR) is 124 cm³/mol. The van der Waals surface area contributed by atoms with Gasteiger partial charge >= 0.3 is 0 Å². The Morgan fingerprint density at radius 2 is 1.97 bits per heavy atom. The van der Waals surface area contributed by atoms with Gasteiger partial charge in [0.1, 0.15) is 10.7 Å². The van der Waals surface area contributed by atoms with Crippen molar-refractivity contribution in [2.24, 2.45) is 0 Å². The minimum atomic E-state index is -0.495. The Bertz CT molecular complexity index is 1330. The largest absolute Gasteiger partial charge is 0.349 e. The van der Waals surface area contributed by atoms with E-state index in [2.05, 4.69) is 21.2 Å². The Kier molecular flexibility index (Phi) is 6.70. The number of rotatable bonds is 4. The number of hydrogen-bond donors (Lipinski definition) is 1. The molecule has 0 aliphatic rings. The lowest BCUT2D eigenvalue weighted by Crippen LogP contribution is -2.36. The maximum absolute atomic E-state index is 13.4. The molecule has 1 amide bonds. The molecule has 3 rings (SSSR count). The fourth-order valence-corrected chi connectivity index (χ4v) is 4.47. The van der Waals surface area contributed by atoms with Gasteiger partial charge in [-0.25, -0.2) is 0 Å². The van der Waals surface area contributed by atoms with Gasteiger partial charge in [-0.15, -0.1) is 11.3 Å². The van der Waals surface area contributed by atoms with Crippen molar-refractivity contribution in [2.45, 2.75) is 26.8 Å². The maximum atomic E-state index is 13.4. The molecule has 3 aromatic rings. The van der Waals surface area contributed by atoms with Crippen molar-refractivity contribution >= 4 is 44.8 Å². The first kappa shape index (κ1) is 21.8. The second-order valence-corrected chi connectivity index (χ2v) is 8.96. The Balaban J connectivity index is 2.41. The summed E-state index contributed by atoms with van der Waals surface area (Å²) in [6.07, 6.45) is 1.77. The van der Waals surface area contributed by atoms with Crippen molar-refractivity contribution in [1.82, 2.24) is 9.88 Å². The van der Waals surface area contributed by atoms with Crippen LogP contribution in [0.4, 0.5) is 0 Å². The van der Waals surface area contributed by atoms with Gasteiger partial charge in [-0.2, -0.15) is 5.26 Å². The highest BCUT2D eigenvalue weighted by atomic mass is 79.9. The molecule has 0 atom stereocenters. The first-order chi connectivity index (χ1) is 14.3. The number of aromatic nitrogens is 1. The highest BCUT2D eigenvalue weighted by Crippen LogP contribution is 2.13. The van der Waals surface area contributed by atoms with Crippen molar-refractivity contribution in [3.63, 3.8) is 0 Å². The number of para-hydroxylation sites is 1. The van der Waals surface area contributed by atoms with Gasteiger partial charge in [-0.3, -0.25) is 14.2 Å². The molecular weight excluding hydrogens is 462 g/mol. The molecule has 0 aliphatic carbocycles. The quantitative estimate of drug-likeness (QED) is 0.622. The second kappa shape index (κ2) is 9.24. The van der Waals surface area contributed by atoms with E-state index in [1.54, 1.807) is 6.08 Å². The SMILES string of the molecule is Cc1ccccc1-n1c(=O)/c(=C/c2cccc(Br)c2)s/c1=C(/C#N)C(=O)NC(C)C. The molecule has 0 unspecified atom stereocenters. The van der Waals surface area contributed by atoms with E-state index in [0.717, 1.165) is 26.9 Å². The van der Waals surface area contributed by atoms with Gasteiger partial charge in [0.25, 0.3) is 11.5 Å². The predicted octanol–water partition coefficient (Wildman–Crippen LogP) is 3.00. The molecule has 7 heteroatoms. The van der Waals surface area contributed by atoms with E-state index in [4.69, 9.17) is 0 Å². The summed E-state index contributed by atoms with van der Waals surface area (Å²) in [4.78, 5) is 26.1. The van der Waals surface area contributed by atoms with Crippen molar-refractivity contribution in [3.8, 4) is 11.8 Å². The first-order valence-corrected chi connectivity index (χ1v) is 10.9. The molecule has 0 saturated heterocycles. The summed E-state index contributed by atoms with van der Waals surface area (Å²) in [6, 6.07) is 16.9. The van der Waals surface area contributed by atoms with Gasteiger partial charge in [0.2, 0.25) is 0 Å². The molecule has 152 valence electrons.